The molecule has 1 aliphatic heterocycles. The molecule has 2 rings (SSSR count). The van der Waals surface area contributed by atoms with Crippen LogP contribution in [-0.4, -0.2) is 65.4 Å². The van der Waals surface area contributed by atoms with Crippen LogP contribution in [0, 0.1) is 6.92 Å². The molecule has 0 aliphatic carbocycles. The van der Waals surface area contributed by atoms with Crippen LogP contribution < -0.4 is 5.73 Å². The Morgan fingerprint density at radius 1 is 1.29 bits per heavy atom. The summed E-state index contributed by atoms with van der Waals surface area (Å²) in [7, 11) is -1.70. The van der Waals surface area contributed by atoms with Gasteiger partial charge in [-0.2, -0.15) is 4.31 Å². The van der Waals surface area contributed by atoms with Gasteiger partial charge in [-0.15, -0.1) is 0 Å². The average Bonchev–Trinajstić information content (AvgIpc) is 2.79. The SMILES string of the molecule is Cc1nc(S(=O)(=O)N2CCN(C(C)(C)CN)CC2)cn1C. The van der Waals surface area contributed by atoms with Gasteiger partial charge in [-0.3, -0.25) is 4.90 Å². The molecule has 0 unspecified atom stereocenters. The summed E-state index contributed by atoms with van der Waals surface area (Å²) in [5.41, 5.74) is 5.68. The van der Waals surface area contributed by atoms with E-state index in [1.54, 1.807) is 24.7 Å². The molecule has 1 aromatic rings. The van der Waals surface area contributed by atoms with E-state index >= 15 is 0 Å². The van der Waals surface area contributed by atoms with Crippen molar-refractivity contribution in [2.75, 3.05) is 32.7 Å². The summed E-state index contributed by atoms with van der Waals surface area (Å²) in [5, 5.41) is 0.133. The van der Waals surface area contributed by atoms with E-state index in [-0.39, 0.29) is 10.6 Å². The van der Waals surface area contributed by atoms with E-state index in [0.717, 1.165) is 0 Å². The number of imidazole rings is 1. The first kappa shape index (κ1) is 16.4. The van der Waals surface area contributed by atoms with Crippen molar-refractivity contribution in [1.82, 2.24) is 18.8 Å². The van der Waals surface area contributed by atoms with Crippen LogP contribution in [0.2, 0.25) is 0 Å². The highest BCUT2D eigenvalue weighted by molar-refractivity contribution is 7.89. The number of piperazine rings is 1. The molecule has 0 saturated carbocycles. The van der Waals surface area contributed by atoms with E-state index in [1.807, 2.05) is 0 Å². The third-order valence-corrected chi connectivity index (χ3v) is 6.06. The third-order valence-electron chi connectivity index (χ3n) is 4.28. The van der Waals surface area contributed by atoms with Crippen molar-refractivity contribution >= 4 is 10.0 Å². The lowest BCUT2D eigenvalue weighted by Crippen LogP contribution is -2.58. The molecule has 1 aliphatic rings. The zero-order valence-corrected chi connectivity index (χ0v) is 14.0. The van der Waals surface area contributed by atoms with Crippen LogP contribution in [0.5, 0.6) is 0 Å². The number of rotatable bonds is 4. The van der Waals surface area contributed by atoms with Crippen molar-refractivity contribution in [3.63, 3.8) is 0 Å². The van der Waals surface area contributed by atoms with Gasteiger partial charge >= 0.3 is 0 Å². The molecule has 2 heterocycles. The molecule has 0 aromatic carbocycles. The summed E-state index contributed by atoms with van der Waals surface area (Å²) in [4.78, 5) is 6.38. The second-order valence-corrected chi connectivity index (χ2v) is 8.03. The average molecular weight is 315 g/mol. The molecule has 1 fully saturated rings. The van der Waals surface area contributed by atoms with Gasteiger partial charge in [0.05, 0.1) is 0 Å². The highest BCUT2D eigenvalue weighted by Gasteiger charge is 2.34. The normalized spacial score (nSPS) is 19.1. The molecule has 21 heavy (non-hydrogen) atoms. The fraction of sp³-hybridized carbons (Fsp3) is 0.769. The number of nitrogens with two attached hydrogens (primary N) is 1. The van der Waals surface area contributed by atoms with Gasteiger partial charge in [0.15, 0.2) is 5.03 Å². The molecule has 0 atom stereocenters. The number of aromatic nitrogens is 2. The Morgan fingerprint density at radius 3 is 2.29 bits per heavy atom. The Labute approximate surface area is 126 Å². The van der Waals surface area contributed by atoms with Gasteiger partial charge in [0, 0.05) is 51.5 Å². The first-order chi connectivity index (χ1) is 9.68. The van der Waals surface area contributed by atoms with E-state index in [4.69, 9.17) is 5.73 Å². The molecule has 1 saturated heterocycles. The van der Waals surface area contributed by atoms with Crippen LogP contribution in [0.25, 0.3) is 0 Å². The molecule has 7 nitrogen and oxygen atoms in total. The van der Waals surface area contributed by atoms with E-state index in [1.165, 1.54) is 4.31 Å². The highest BCUT2D eigenvalue weighted by Crippen LogP contribution is 2.20. The summed E-state index contributed by atoms with van der Waals surface area (Å²) in [6.07, 6.45) is 1.57. The maximum Gasteiger partial charge on any atom is 0.262 e. The van der Waals surface area contributed by atoms with Crippen molar-refractivity contribution in [1.29, 1.82) is 0 Å². The third kappa shape index (κ3) is 3.13. The van der Waals surface area contributed by atoms with Gasteiger partial charge in [0.1, 0.15) is 5.82 Å². The summed E-state index contributed by atoms with van der Waals surface area (Å²) in [6, 6.07) is 0. The van der Waals surface area contributed by atoms with E-state index in [2.05, 4.69) is 23.7 Å². The first-order valence-electron chi connectivity index (χ1n) is 7.14. The summed E-state index contributed by atoms with van der Waals surface area (Å²) >= 11 is 0. The lowest BCUT2D eigenvalue weighted by atomic mass is 10.0. The Morgan fingerprint density at radius 2 is 1.86 bits per heavy atom. The van der Waals surface area contributed by atoms with Crippen LogP contribution in [0.3, 0.4) is 0 Å². The largest absolute Gasteiger partial charge is 0.337 e. The molecule has 0 radical (unpaired) electrons. The number of hydrogen-bond acceptors (Lipinski definition) is 5. The molecule has 8 heteroatoms. The van der Waals surface area contributed by atoms with Crippen molar-refractivity contribution in [2.45, 2.75) is 31.3 Å². The predicted octanol–water partition coefficient (Wildman–Crippen LogP) is -0.228. The Balaban J connectivity index is 2.11. The lowest BCUT2D eigenvalue weighted by molar-refractivity contribution is 0.0849. The van der Waals surface area contributed by atoms with Crippen molar-refractivity contribution in [2.24, 2.45) is 12.8 Å². The lowest BCUT2D eigenvalue weighted by Gasteiger charge is -2.42. The maximum atomic E-state index is 12.6. The minimum Gasteiger partial charge on any atom is -0.337 e. The van der Waals surface area contributed by atoms with Crippen molar-refractivity contribution in [3.05, 3.63) is 12.0 Å². The molecule has 2 N–H and O–H groups in total. The minimum absolute atomic E-state index is 0.0998. The van der Waals surface area contributed by atoms with Gasteiger partial charge in [-0.25, -0.2) is 13.4 Å². The molecule has 0 spiro atoms. The van der Waals surface area contributed by atoms with E-state index in [9.17, 15) is 8.42 Å². The monoisotopic (exact) mass is 315 g/mol. The zero-order chi connectivity index (χ0) is 15.8. The summed E-state index contributed by atoms with van der Waals surface area (Å²) in [5.74, 6) is 0.691. The van der Waals surface area contributed by atoms with Gasteiger partial charge < -0.3 is 10.3 Å². The smallest absolute Gasteiger partial charge is 0.262 e. The number of nitrogens with zero attached hydrogens (tertiary/aromatic N) is 4. The van der Waals surface area contributed by atoms with Gasteiger partial charge in [-0.05, 0) is 20.8 Å². The standard InChI is InChI=1S/C13H25N5O2S/c1-11-15-12(9-16(11)4)21(19,20)18-7-5-17(6-8-18)13(2,3)10-14/h9H,5-8,10,14H2,1-4H3. The van der Waals surface area contributed by atoms with E-state index < -0.39 is 10.0 Å². The quantitative estimate of drug-likeness (QED) is 0.830. The summed E-state index contributed by atoms with van der Waals surface area (Å²) < 4.78 is 28.4. The van der Waals surface area contributed by atoms with Crippen LogP contribution >= 0.6 is 0 Å². The molecule has 0 bridgehead atoms. The first-order valence-corrected chi connectivity index (χ1v) is 8.58. The minimum atomic E-state index is -3.50. The van der Waals surface area contributed by atoms with Gasteiger partial charge in [0.2, 0.25) is 0 Å². The number of sulfonamides is 1. The maximum absolute atomic E-state index is 12.6. The van der Waals surface area contributed by atoms with Crippen LogP contribution in [0.4, 0.5) is 0 Å². The number of aryl methyl sites for hydroxylation is 2. The summed E-state index contributed by atoms with van der Waals surface area (Å²) in [6.45, 7) is 8.84. The zero-order valence-electron chi connectivity index (χ0n) is 13.2. The van der Waals surface area contributed by atoms with Gasteiger partial charge in [-0.1, -0.05) is 0 Å². The van der Waals surface area contributed by atoms with E-state index in [0.29, 0.717) is 38.5 Å². The molecule has 1 aromatic heterocycles. The molecule has 120 valence electrons. The molecule has 0 amide bonds. The topological polar surface area (TPSA) is 84.5 Å². The Kier molecular flexibility index (Phi) is 4.44. The fourth-order valence-electron chi connectivity index (χ4n) is 2.45. The van der Waals surface area contributed by atoms with Crippen LogP contribution in [0.1, 0.15) is 19.7 Å². The Bertz CT molecular complexity index is 581. The molecular weight excluding hydrogens is 290 g/mol. The Hall–Kier alpha value is -0.960. The predicted molar refractivity (Wildman–Crippen MR) is 81.4 cm³/mol. The van der Waals surface area contributed by atoms with Crippen molar-refractivity contribution < 1.29 is 8.42 Å². The second kappa shape index (κ2) is 5.68. The molecular formula is C13H25N5O2S. The van der Waals surface area contributed by atoms with Crippen LogP contribution in [0.15, 0.2) is 11.2 Å². The fourth-order valence-corrected chi connectivity index (χ4v) is 3.89. The van der Waals surface area contributed by atoms with Gasteiger partial charge in [0.25, 0.3) is 10.0 Å². The second-order valence-electron chi connectivity index (χ2n) is 6.14. The van der Waals surface area contributed by atoms with Crippen LogP contribution in [-0.2, 0) is 17.1 Å². The number of hydrogen-bond donors (Lipinski definition) is 1. The highest BCUT2D eigenvalue weighted by atomic mass is 32.2. The van der Waals surface area contributed by atoms with Crippen molar-refractivity contribution in [3.8, 4) is 0 Å².